The molecule has 0 aliphatic heterocycles. The van der Waals surface area contributed by atoms with E-state index in [0.717, 1.165) is 27.2 Å². The van der Waals surface area contributed by atoms with Crippen LogP contribution in [0.5, 0.6) is 0 Å². The molecule has 0 amide bonds. The van der Waals surface area contributed by atoms with E-state index in [1.54, 1.807) is 0 Å². The van der Waals surface area contributed by atoms with Gasteiger partial charge < -0.3 is 5.73 Å². The topological polar surface area (TPSA) is 26.0 Å². The summed E-state index contributed by atoms with van der Waals surface area (Å²) >= 11 is 8.15. The number of thioether (sulfide) groups is 1. The molecule has 1 aromatic rings. The first-order valence-corrected chi connectivity index (χ1v) is 7.72. The molecule has 0 heterocycles. The van der Waals surface area contributed by atoms with E-state index in [2.05, 4.69) is 12.1 Å². The molecule has 2 rings (SSSR count). The predicted molar refractivity (Wildman–Crippen MR) is 77.8 cm³/mol. The van der Waals surface area contributed by atoms with E-state index in [-0.39, 0.29) is 6.04 Å². The van der Waals surface area contributed by atoms with Crippen molar-refractivity contribution >= 4 is 23.4 Å². The lowest BCUT2D eigenvalue weighted by molar-refractivity contribution is 0.820. The van der Waals surface area contributed by atoms with Crippen molar-refractivity contribution in [2.45, 2.75) is 43.9 Å². The fourth-order valence-electron chi connectivity index (χ4n) is 2.23. The van der Waals surface area contributed by atoms with Gasteiger partial charge in [0, 0.05) is 22.1 Å². The molecule has 1 aliphatic carbocycles. The van der Waals surface area contributed by atoms with Crippen LogP contribution in [0.3, 0.4) is 0 Å². The fraction of sp³-hybridized carbons (Fsp3) is 0.571. The van der Waals surface area contributed by atoms with Crippen molar-refractivity contribution in [3.8, 4) is 0 Å². The molecular formula is C14H20ClNS. The highest BCUT2D eigenvalue weighted by Crippen LogP contribution is 2.32. The molecule has 1 atom stereocenters. The summed E-state index contributed by atoms with van der Waals surface area (Å²) in [5.41, 5.74) is 8.49. The molecule has 1 fully saturated rings. The van der Waals surface area contributed by atoms with Crippen molar-refractivity contribution in [1.82, 2.24) is 0 Å². The lowest BCUT2D eigenvalue weighted by atomic mass is 10.1. The Morgan fingerprint density at radius 3 is 2.76 bits per heavy atom. The van der Waals surface area contributed by atoms with Crippen LogP contribution in [-0.4, -0.2) is 11.0 Å². The van der Waals surface area contributed by atoms with Crippen molar-refractivity contribution in [3.63, 3.8) is 0 Å². The van der Waals surface area contributed by atoms with Crippen LogP contribution in [0.4, 0.5) is 0 Å². The van der Waals surface area contributed by atoms with Crippen LogP contribution in [0.15, 0.2) is 18.2 Å². The molecule has 1 nitrogen and oxygen atoms in total. The highest BCUT2D eigenvalue weighted by molar-refractivity contribution is 7.99. The van der Waals surface area contributed by atoms with Gasteiger partial charge in [-0.05, 0) is 37.0 Å². The molecule has 17 heavy (non-hydrogen) atoms. The lowest BCUT2D eigenvalue weighted by Crippen LogP contribution is -2.14. The summed E-state index contributed by atoms with van der Waals surface area (Å²) in [5, 5.41) is 1.66. The molecule has 1 saturated carbocycles. The Labute approximate surface area is 113 Å². The van der Waals surface area contributed by atoms with Crippen molar-refractivity contribution in [2.75, 3.05) is 5.75 Å². The third kappa shape index (κ3) is 3.64. The summed E-state index contributed by atoms with van der Waals surface area (Å²) in [5.74, 6) is 1.00. The molecule has 0 spiro atoms. The minimum Gasteiger partial charge on any atom is -0.323 e. The molecule has 2 N–H and O–H groups in total. The Kier molecular flexibility index (Phi) is 4.78. The Morgan fingerprint density at radius 1 is 1.41 bits per heavy atom. The van der Waals surface area contributed by atoms with Gasteiger partial charge in [-0.3, -0.25) is 0 Å². The van der Waals surface area contributed by atoms with Gasteiger partial charge in [0.15, 0.2) is 0 Å². The summed E-state index contributed by atoms with van der Waals surface area (Å²) < 4.78 is 0. The van der Waals surface area contributed by atoms with Crippen molar-refractivity contribution in [1.29, 1.82) is 0 Å². The monoisotopic (exact) mass is 269 g/mol. The maximum atomic E-state index is 6.21. The van der Waals surface area contributed by atoms with E-state index in [1.807, 2.05) is 24.8 Å². The third-order valence-electron chi connectivity index (χ3n) is 3.44. The number of rotatable bonds is 4. The smallest absolute Gasteiger partial charge is 0.0438 e. The molecule has 1 unspecified atom stereocenters. The summed E-state index contributed by atoms with van der Waals surface area (Å²) in [7, 11) is 0. The molecule has 94 valence electrons. The van der Waals surface area contributed by atoms with E-state index in [0.29, 0.717) is 0 Å². The SMILES string of the molecule is Cc1ccc(C(N)CSC2CCCC2)cc1Cl. The van der Waals surface area contributed by atoms with Gasteiger partial charge in [-0.2, -0.15) is 11.8 Å². The summed E-state index contributed by atoms with van der Waals surface area (Å²) in [6.45, 7) is 2.02. The first-order chi connectivity index (χ1) is 8.16. The number of nitrogens with two attached hydrogens (primary N) is 1. The first-order valence-electron chi connectivity index (χ1n) is 6.30. The number of aryl methyl sites for hydroxylation is 1. The average molecular weight is 270 g/mol. The Hall–Kier alpha value is -0.180. The van der Waals surface area contributed by atoms with Crippen LogP contribution in [0.1, 0.15) is 42.9 Å². The minimum atomic E-state index is 0.110. The fourth-order valence-corrected chi connectivity index (χ4v) is 3.76. The number of hydrogen-bond acceptors (Lipinski definition) is 2. The normalized spacial score (nSPS) is 18.5. The van der Waals surface area contributed by atoms with Gasteiger partial charge in [0.1, 0.15) is 0 Å². The van der Waals surface area contributed by atoms with Gasteiger partial charge in [0.25, 0.3) is 0 Å². The number of halogens is 1. The predicted octanol–water partition coefficient (Wildman–Crippen LogP) is 4.32. The lowest BCUT2D eigenvalue weighted by Gasteiger charge is -2.15. The van der Waals surface area contributed by atoms with Crippen molar-refractivity contribution < 1.29 is 0 Å². The molecule has 3 heteroatoms. The van der Waals surface area contributed by atoms with Crippen LogP contribution in [0.2, 0.25) is 5.02 Å². The second-order valence-corrected chi connectivity index (χ2v) is 6.60. The Morgan fingerprint density at radius 2 is 2.12 bits per heavy atom. The highest BCUT2D eigenvalue weighted by Gasteiger charge is 2.17. The van der Waals surface area contributed by atoms with E-state index < -0.39 is 0 Å². The van der Waals surface area contributed by atoms with Gasteiger partial charge in [-0.1, -0.05) is 36.6 Å². The summed E-state index contributed by atoms with van der Waals surface area (Å²) in [4.78, 5) is 0. The van der Waals surface area contributed by atoms with Gasteiger partial charge >= 0.3 is 0 Å². The average Bonchev–Trinajstić information content (AvgIpc) is 2.82. The van der Waals surface area contributed by atoms with E-state index in [9.17, 15) is 0 Å². The molecule has 0 radical (unpaired) electrons. The highest BCUT2D eigenvalue weighted by atomic mass is 35.5. The van der Waals surface area contributed by atoms with Crippen LogP contribution in [0.25, 0.3) is 0 Å². The Balaban J connectivity index is 1.89. The van der Waals surface area contributed by atoms with Crippen LogP contribution in [0, 0.1) is 6.92 Å². The van der Waals surface area contributed by atoms with Gasteiger partial charge in [-0.25, -0.2) is 0 Å². The third-order valence-corrected chi connectivity index (χ3v) is 5.34. The molecule has 0 aromatic heterocycles. The molecule has 0 bridgehead atoms. The van der Waals surface area contributed by atoms with Gasteiger partial charge in [-0.15, -0.1) is 0 Å². The first kappa shape index (κ1) is 13.3. The molecule has 1 aliphatic rings. The standard InChI is InChI=1S/C14H20ClNS/c1-10-6-7-11(8-13(10)15)14(16)9-17-12-4-2-3-5-12/h6-8,12,14H,2-5,9,16H2,1H3. The van der Waals surface area contributed by atoms with Crippen LogP contribution < -0.4 is 5.73 Å². The zero-order valence-corrected chi connectivity index (χ0v) is 11.9. The quantitative estimate of drug-likeness (QED) is 0.881. The summed E-state index contributed by atoms with van der Waals surface area (Å²) in [6.07, 6.45) is 5.52. The van der Waals surface area contributed by atoms with Crippen molar-refractivity contribution in [2.24, 2.45) is 5.73 Å². The second kappa shape index (κ2) is 6.12. The maximum absolute atomic E-state index is 6.21. The zero-order valence-electron chi connectivity index (χ0n) is 10.3. The number of hydrogen-bond donors (Lipinski definition) is 1. The molecular weight excluding hydrogens is 250 g/mol. The summed E-state index contributed by atoms with van der Waals surface area (Å²) in [6, 6.07) is 6.27. The zero-order chi connectivity index (χ0) is 12.3. The molecule has 0 saturated heterocycles. The van der Waals surface area contributed by atoms with E-state index >= 15 is 0 Å². The van der Waals surface area contributed by atoms with Crippen LogP contribution >= 0.6 is 23.4 Å². The van der Waals surface area contributed by atoms with Crippen molar-refractivity contribution in [3.05, 3.63) is 34.3 Å². The molecule has 1 aromatic carbocycles. The van der Waals surface area contributed by atoms with E-state index in [1.165, 1.54) is 25.7 Å². The number of benzene rings is 1. The Bertz CT molecular complexity index is 374. The largest absolute Gasteiger partial charge is 0.323 e. The van der Waals surface area contributed by atoms with Gasteiger partial charge in [0.05, 0.1) is 0 Å². The maximum Gasteiger partial charge on any atom is 0.0438 e. The van der Waals surface area contributed by atoms with E-state index in [4.69, 9.17) is 17.3 Å². The minimum absolute atomic E-state index is 0.110. The van der Waals surface area contributed by atoms with Crippen LogP contribution in [-0.2, 0) is 0 Å². The van der Waals surface area contributed by atoms with Gasteiger partial charge in [0.2, 0.25) is 0 Å². The second-order valence-electron chi connectivity index (χ2n) is 4.85.